The number of halogens is 3. The summed E-state index contributed by atoms with van der Waals surface area (Å²) in [5.41, 5.74) is 0.357. The molecule has 1 fully saturated rings. The Morgan fingerprint density at radius 1 is 1.13 bits per heavy atom. The highest BCUT2D eigenvalue weighted by Crippen LogP contribution is 2.29. The van der Waals surface area contributed by atoms with Gasteiger partial charge in [0.2, 0.25) is 5.91 Å². The topological polar surface area (TPSA) is 83.6 Å². The van der Waals surface area contributed by atoms with E-state index in [-0.39, 0.29) is 17.6 Å². The summed E-state index contributed by atoms with van der Waals surface area (Å²) >= 11 is 0. The van der Waals surface area contributed by atoms with Crippen molar-refractivity contribution in [3.63, 3.8) is 0 Å². The third kappa shape index (κ3) is 5.40. The van der Waals surface area contributed by atoms with Crippen LogP contribution in [0, 0.1) is 5.92 Å². The Morgan fingerprint density at radius 3 is 2.43 bits per heavy atom. The van der Waals surface area contributed by atoms with Crippen LogP contribution in [0.5, 0.6) is 0 Å². The van der Waals surface area contributed by atoms with E-state index in [1.165, 1.54) is 18.1 Å². The fourth-order valence-electron chi connectivity index (χ4n) is 3.15. The Morgan fingerprint density at radius 2 is 1.83 bits per heavy atom. The van der Waals surface area contributed by atoms with E-state index in [9.17, 15) is 22.8 Å². The predicted molar refractivity (Wildman–Crippen MR) is 104 cm³/mol. The SMILES string of the molecule is COC(=O)N1CCCC(C(=O)Nc2ccc(Nc3ccc(C(F)(F)F)cn3)cc2)C1. The van der Waals surface area contributed by atoms with Crippen molar-refractivity contribution in [3.8, 4) is 0 Å². The number of pyridine rings is 1. The number of carbonyl (C=O) groups is 2. The van der Waals surface area contributed by atoms with Gasteiger partial charge in [-0.25, -0.2) is 9.78 Å². The van der Waals surface area contributed by atoms with E-state index < -0.39 is 17.8 Å². The fraction of sp³-hybridized carbons (Fsp3) is 0.350. The third-order valence-electron chi connectivity index (χ3n) is 4.74. The molecule has 2 heterocycles. The van der Waals surface area contributed by atoms with Crippen molar-refractivity contribution >= 4 is 29.2 Å². The zero-order chi connectivity index (χ0) is 21.7. The van der Waals surface area contributed by atoms with Crippen molar-refractivity contribution in [2.24, 2.45) is 5.92 Å². The van der Waals surface area contributed by atoms with Gasteiger partial charge in [-0.3, -0.25) is 4.79 Å². The molecule has 1 aromatic heterocycles. The van der Waals surface area contributed by atoms with Gasteiger partial charge in [-0.2, -0.15) is 13.2 Å². The van der Waals surface area contributed by atoms with E-state index in [2.05, 4.69) is 15.6 Å². The van der Waals surface area contributed by atoms with Crippen molar-refractivity contribution in [2.75, 3.05) is 30.8 Å². The van der Waals surface area contributed by atoms with Gasteiger partial charge in [-0.1, -0.05) is 0 Å². The molecule has 0 saturated carbocycles. The number of nitrogens with one attached hydrogen (secondary N) is 2. The van der Waals surface area contributed by atoms with Gasteiger partial charge in [0.25, 0.3) is 0 Å². The minimum Gasteiger partial charge on any atom is -0.453 e. The molecule has 3 rings (SSSR count). The molecule has 2 N–H and O–H groups in total. The molecule has 1 aromatic carbocycles. The molecule has 10 heteroatoms. The molecule has 0 radical (unpaired) electrons. The Hall–Kier alpha value is -3.30. The number of rotatable bonds is 4. The molecule has 1 saturated heterocycles. The Labute approximate surface area is 171 Å². The van der Waals surface area contributed by atoms with Crippen LogP contribution in [-0.2, 0) is 15.7 Å². The average molecular weight is 422 g/mol. The number of alkyl halides is 3. The molecule has 160 valence electrons. The van der Waals surface area contributed by atoms with Gasteiger partial charge in [0.1, 0.15) is 5.82 Å². The molecule has 0 aliphatic carbocycles. The van der Waals surface area contributed by atoms with Crippen LogP contribution in [0.3, 0.4) is 0 Å². The van der Waals surface area contributed by atoms with E-state index in [1.54, 1.807) is 24.3 Å². The second-order valence-corrected chi connectivity index (χ2v) is 6.88. The smallest absolute Gasteiger partial charge is 0.417 e. The molecule has 2 aromatic rings. The van der Waals surface area contributed by atoms with Crippen LogP contribution in [0.4, 0.5) is 35.2 Å². The monoisotopic (exact) mass is 422 g/mol. The highest BCUT2D eigenvalue weighted by molar-refractivity contribution is 5.93. The van der Waals surface area contributed by atoms with Crippen LogP contribution in [0.2, 0.25) is 0 Å². The molecule has 7 nitrogen and oxygen atoms in total. The summed E-state index contributed by atoms with van der Waals surface area (Å²) in [6, 6.07) is 8.89. The first-order valence-corrected chi connectivity index (χ1v) is 9.30. The summed E-state index contributed by atoms with van der Waals surface area (Å²) in [6.07, 6.45) is -2.72. The number of carbonyl (C=O) groups excluding carboxylic acids is 2. The zero-order valence-electron chi connectivity index (χ0n) is 16.2. The van der Waals surface area contributed by atoms with Gasteiger partial charge >= 0.3 is 12.3 Å². The van der Waals surface area contributed by atoms with Crippen molar-refractivity contribution in [3.05, 3.63) is 48.2 Å². The molecule has 30 heavy (non-hydrogen) atoms. The van der Waals surface area contributed by atoms with Gasteiger partial charge in [-0.05, 0) is 49.2 Å². The van der Waals surface area contributed by atoms with E-state index in [1.807, 2.05) is 0 Å². The number of methoxy groups -OCH3 is 1. The summed E-state index contributed by atoms with van der Waals surface area (Å²) < 4.78 is 42.5. The second kappa shape index (κ2) is 9.02. The lowest BCUT2D eigenvalue weighted by Gasteiger charge is -2.30. The van der Waals surface area contributed by atoms with Gasteiger partial charge in [0.05, 0.1) is 18.6 Å². The maximum absolute atomic E-state index is 12.6. The first kappa shape index (κ1) is 21.4. The van der Waals surface area contributed by atoms with E-state index >= 15 is 0 Å². The number of ether oxygens (including phenoxy) is 1. The molecule has 0 spiro atoms. The largest absolute Gasteiger partial charge is 0.453 e. The Balaban J connectivity index is 1.56. The molecular formula is C20H21F3N4O3. The summed E-state index contributed by atoms with van der Waals surface area (Å²) in [5.74, 6) is -0.245. The van der Waals surface area contributed by atoms with Gasteiger partial charge < -0.3 is 20.3 Å². The van der Waals surface area contributed by atoms with Crippen LogP contribution >= 0.6 is 0 Å². The third-order valence-corrected chi connectivity index (χ3v) is 4.74. The van der Waals surface area contributed by atoms with Crippen molar-refractivity contribution in [2.45, 2.75) is 19.0 Å². The lowest BCUT2D eigenvalue weighted by Crippen LogP contribution is -2.43. The number of hydrogen-bond acceptors (Lipinski definition) is 5. The van der Waals surface area contributed by atoms with Crippen LogP contribution in [0.1, 0.15) is 18.4 Å². The van der Waals surface area contributed by atoms with Crippen molar-refractivity contribution in [1.82, 2.24) is 9.88 Å². The number of likely N-dealkylation sites (tertiary alicyclic amines) is 1. The maximum atomic E-state index is 12.6. The van der Waals surface area contributed by atoms with Gasteiger partial charge in [0, 0.05) is 30.7 Å². The highest BCUT2D eigenvalue weighted by atomic mass is 19.4. The number of aromatic nitrogens is 1. The first-order valence-electron chi connectivity index (χ1n) is 9.30. The van der Waals surface area contributed by atoms with E-state index in [0.717, 1.165) is 18.7 Å². The van der Waals surface area contributed by atoms with Crippen LogP contribution < -0.4 is 10.6 Å². The van der Waals surface area contributed by atoms with Gasteiger partial charge in [0.15, 0.2) is 0 Å². The predicted octanol–water partition coefficient (Wildman–Crippen LogP) is 4.26. The molecule has 1 unspecified atom stereocenters. The van der Waals surface area contributed by atoms with Crippen molar-refractivity contribution < 1.29 is 27.5 Å². The Bertz CT molecular complexity index is 886. The average Bonchev–Trinajstić information content (AvgIpc) is 2.74. The molecule has 0 bridgehead atoms. The number of amides is 2. The number of nitrogens with zero attached hydrogens (tertiary/aromatic N) is 2. The zero-order valence-corrected chi connectivity index (χ0v) is 16.2. The van der Waals surface area contributed by atoms with E-state index in [0.29, 0.717) is 30.9 Å². The van der Waals surface area contributed by atoms with Gasteiger partial charge in [-0.15, -0.1) is 0 Å². The molecule has 1 atom stereocenters. The lowest BCUT2D eigenvalue weighted by atomic mass is 9.97. The normalized spacial score (nSPS) is 16.7. The van der Waals surface area contributed by atoms with Crippen LogP contribution in [0.15, 0.2) is 42.6 Å². The summed E-state index contributed by atoms with van der Waals surface area (Å²) in [5, 5.41) is 5.72. The standard InChI is InChI=1S/C20H21F3N4O3/c1-30-19(29)27-10-2-3-13(12-27)18(28)26-16-7-5-15(6-8-16)25-17-9-4-14(11-24-17)20(21,22)23/h4-9,11,13H,2-3,10,12H2,1H3,(H,24,25)(H,26,28). The van der Waals surface area contributed by atoms with Crippen LogP contribution in [0.25, 0.3) is 0 Å². The summed E-state index contributed by atoms with van der Waals surface area (Å²) in [7, 11) is 1.31. The number of hydrogen-bond donors (Lipinski definition) is 2. The van der Waals surface area contributed by atoms with Crippen molar-refractivity contribution in [1.29, 1.82) is 0 Å². The number of anilines is 3. The number of benzene rings is 1. The minimum atomic E-state index is -4.43. The fourth-order valence-corrected chi connectivity index (χ4v) is 3.15. The van der Waals surface area contributed by atoms with E-state index in [4.69, 9.17) is 4.74 Å². The second-order valence-electron chi connectivity index (χ2n) is 6.88. The maximum Gasteiger partial charge on any atom is 0.417 e. The molecule has 1 aliphatic heterocycles. The van der Waals surface area contributed by atoms with Crippen LogP contribution in [-0.4, -0.2) is 42.1 Å². The number of piperidine rings is 1. The Kier molecular flexibility index (Phi) is 6.43. The molecular weight excluding hydrogens is 401 g/mol. The highest BCUT2D eigenvalue weighted by Gasteiger charge is 2.31. The quantitative estimate of drug-likeness (QED) is 0.769. The lowest BCUT2D eigenvalue weighted by molar-refractivity contribution is -0.137. The minimum absolute atomic E-state index is 0.186. The molecule has 1 aliphatic rings. The first-order chi connectivity index (χ1) is 14.3. The molecule has 2 amide bonds. The summed E-state index contributed by atoms with van der Waals surface area (Å²) in [4.78, 5) is 29.4. The summed E-state index contributed by atoms with van der Waals surface area (Å²) in [6.45, 7) is 0.868.